The zero-order valence-corrected chi connectivity index (χ0v) is 8.60. The number of halogens is 1. The highest BCUT2D eigenvalue weighted by molar-refractivity contribution is 7.90. The molecule has 0 spiro atoms. The SMILES string of the molecule is CS(=O)(=O)c1cc(NN)c(F)cc1C#N. The van der Waals surface area contributed by atoms with E-state index in [-0.39, 0.29) is 16.1 Å². The van der Waals surface area contributed by atoms with Gasteiger partial charge in [-0.25, -0.2) is 12.8 Å². The van der Waals surface area contributed by atoms with Crippen molar-refractivity contribution in [2.75, 3.05) is 11.7 Å². The maximum atomic E-state index is 13.1. The molecule has 0 fully saturated rings. The van der Waals surface area contributed by atoms with Gasteiger partial charge < -0.3 is 5.43 Å². The normalized spacial score (nSPS) is 10.8. The quantitative estimate of drug-likeness (QED) is 0.434. The monoisotopic (exact) mass is 229 g/mol. The number of rotatable bonds is 2. The Hall–Kier alpha value is -1.65. The van der Waals surface area contributed by atoms with Crippen molar-refractivity contribution < 1.29 is 12.8 Å². The van der Waals surface area contributed by atoms with E-state index in [1.807, 2.05) is 5.43 Å². The van der Waals surface area contributed by atoms with E-state index < -0.39 is 15.7 Å². The lowest BCUT2D eigenvalue weighted by atomic mass is 10.2. The number of nitrogens with two attached hydrogens (primary N) is 1. The molecule has 0 radical (unpaired) electrons. The molecule has 0 aliphatic heterocycles. The number of hydrogen-bond acceptors (Lipinski definition) is 5. The third-order valence-corrected chi connectivity index (χ3v) is 2.88. The van der Waals surface area contributed by atoms with Crippen LogP contribution in [-0.4, -0.2) is 14.7 Å². The molecule has 1 aromatic rings. The van der Waals surface area contributed by atoms with Crippen molar-refractivity contribution >= 4 is 15.5 Å². The lowest BCUT2D eigenvalue weighted by molar-refractivity contribution is 0.600. The smallest absolute Gasteiger partial charge is 0.176 e. The first-order valence-corrected chi connectivity index (χ1v) is 5.69. The Labute approximate surface area is 86.2 Å². The summed E-state index contributed by atoms with van der Waals surface area (Å²) >= 11 is 0. The Morgan fingerprint density at radius 1 is 1.53 bits per heavy atom. The number of nitrogens with one attached hydrogen (secondary N) is 1. The average molecular weight is 229 g/mol. The van der Waals surface area contributed by atoms with Gasteiger partial charge in [-0.15, -0.1) is 0 Å². The molecule has 3 N–H and O–H groups in total. The summed E-state index contributed by atoms with van der Waals surface area (Å²) in [4.78, 5) is -0.251. The zero-order chi connectivity index (χ0) is 11.6. The molecule has 1 aromatic carbocycles. The second kappa shape index (κ2) is 3.84. The van der Waals surface area contributed by atoms with Crippen molar-refractivity contribution in [3.05, 3.63) is 23.5 Å². The van der Waals surface area contributed by atoms with Gasteiger partial charge in [0.1, 0.15) is 11.9 Å². The lowest BCUT2D eigenvalue weighted by Gasteiger charge is -2.06. The van der Waals surface area contributed by atoms with Crippen molar-refractivity contribution in [2.45, 2.75) is 4.90 Å². The first-order chi connectivity index (χ1) is 6.90. The highest BCUT2D eigenvalue weighted by Crippen LogP contribution is 2.22. The number of nitrogen functional groups attached to an aromatic ring is 1. The summed E-state index contributed by atoms with van der Waals surface area (Å²) in [6, 6.07) is 3.42. The van der Waals surface area contributed by atoms with Gasteiger partial charge in [0.05, 0.1) is 16.1 Å². The summed E-state index contributed by atoms with van der Waals surface area (Å²) in [5, 5.41) is 8.64. The fourth-order valence-corrected chi connectivity index (χ4v) is 1.89. The predicted octanol–water partition coefficient (Wildman–Crippen LogP) is 0.386. The van der Waals surface area contributed by atoms with E-state index in [4.69, 9.17) is 11.1 Å². The fourth-order valence-electron chi connectivity index (χ4n) is 1.06. The Morgan fingerprint density at radius 3 is 2.53 bits per heavy atom. The topological polar surface area (TPSA) is 96.0 Å². The number of anilines is 1. The number of benzene rings is 1. The Bertz CT molecular complexity index is 534. The van der Waals surface area contributed by atoms with Crippen LogP contribution >= 0.6 is 0 Å². The molecule has 80 valence electrons. The first-order valence-electron chi connectivity index (χ1n) is 3.80. The molecule has 0 aliphatic carbocycles. The molecule has 7 heteroatoms. The van der Waals surface area contributed by atoms with Crippen LogP contribution in [0.3, 0.4) is 0 Å². The molecule has 0 bridgehead atoms. The Morgan fingerprint density at radius 2 is 2.13 bits per heavy atom. The molecular weight excluding hydrogens is 221 g/mol. The summed E-state index contributed by atoms with van der Waals surface area (Å²) in [5.74, 6) is 4.21. The molecule has 0 saturated heterocycles. The lowest BCUT2D eigenvalue weighted by Crippen LogP contribution is -2.11. The number of nitrogens with zero attached hydrogens (tertiary/aromatic N) is 1. The fraction of sp³-hybridized carbons (Fsp3) is 0.125. The van der Waals surface area contributed by atoms with Crippen LogP contribution in [0.5, 0.6) is 0 Å². The van der Waals surface area contributed by atoms with Crippen LogP contribution in [0.15, 0.2) is 17.0 Å². The molecule has 0 atom stereocenters. The molecule has 0 aliphatic rings. The Kier molecular flexibility index (Phi) is 2.93. The molecule has 0 heterocycles. The summed E-state index contributed by atoms with van der Waals surface area (Å²) in [5.41, 5.74) is 1.60. The predicted molar refractivity (Wildman–Crippen MR) is 52.0 cm³/mol. The zero-order valence-electron chi connectivity index (χ0n) is 7.78. The van der Waals surface area contributed by atoms with Gasteiger partial charge in [0, 0.05) is 6.26 Å². The van der Waals surface area contributed by atoms with Gasteiger partial charge in [-0.3, -0.25) is 5.84 Å². The van der Waals surface area contributed by atoms with Gasteiger partial charge in [0.2, 0.25) is 0 Å². The molecule has 0 aromatic heterocycles. The molecule has 0 unspecified atom stereocenters. The van der Waals surface area contributed by atoms with Gasteiger partial charge in [-0.2, -0.15) is 5.26 Å². The summed E-state index contributed by atoms with van der Waals surface area (Å²) < 4.78 is 35.6. The minimum Gasteiger partial charge on any atom is -0.321 e. The van der Waals surface area contributed by atoms with E-state index in [1.165, 1.54) is 0 Å². The van der Waals surface area contributed by atoms with Crippen molar-refractivity contribution in [3.8, 4) is 6.07 Å². The number of sulfone groups is 1. The van der Waals surface area contributed by atoms with E-state index in [0.717, 1.165) is 18.4 Å². The largest absolute Gasteiger partial charge is 0.321 e. The minimum atomic E-state index is -3.58. The van der Waals surface area contributed by atoms with E-state index in [0.29, 0.717) is 0 Å². The van der Waals surface area contributed by atoms with Gasteiger partial charge in [0.25, 0.3) is 0 Å². The van der Waals surface area contributed by atoms with Crippen LogP contribution in [0.4, 0.5) is 10.1 Å². The van der Waals surface area contributed by atoms with Crippen LogP contribution in [0, 0.1) is 17.1 Å². The van der Waals surface area contributed by atoms with Crippen molar-refractivity contribution in [2.24, 2.45) is 5.84 Å². The van der Waals surface area contributed by atoms with Crippen LogP contribution in [-0.2, 0) is 9.84 Å². The highest BCUT2D eigenvalue weighted by Gasteiger charge is 2.16. The van der Waals surface area contributed by atoms with Crippen molar-refractivity contribution in [1.82, 2.24) is 0 Å². The number of nitriles is 1. The van der Waals surface area contributed by atoms with Crippen LogP contribution in [0.2, 0.25) is 0 Å². The summed E-state index contributed by atoms with van der Waals surface area (Å²) in [6.07, 6.45) is 0.932. The number of hydrogen-bond donors (Lipinski definition) is 2. The summed E-state index contributed by atoms with van der Waals surface area (Å²) in [7, 11) is -3.58. The minimum absolute atomic E-state index is 0.172. The van der Waals surface area contributed by atoms with Crippen LogP contribution < -0.4 is 11.3 Å². The van der Waals surface area contributed by atoms with Gasteiger partial charge >= 0.3 is 0 Å². The molecule has 15 heavy (non-hydrogen) atoms. The van der Waals surface area contributed by atoms with E-state index >= 15 is 0 Å². The van der Waals surface area contributed by atoms with E-state index in [9.17, 15) is 12.8 Å². The Balaban J connectivity index is 3.59. The highest BCUT2D eigenvalue weighted by atomic mass is 32.2. The van der Waals surface area contributed by atoms with Gasteiger partial charge in [-0.1, -0.05) is 0 Å². The molecular formula is C8H8FN3O2S. The van der Waals surface area contributed by atoms with Gasteiger partial charge in [0.15, 0.2) is 9.84 Å². The van der Waals surface area contributed by atoms with E-state index in [1.54, 1.807) is 6.07 Å². The number of hydrazine groups is 1. The maximum absolute atomic E-state index is 13.1. The van der Waals surface area contributed by atoms with Crippen LogP contribution in [0.25, 0.3) is 0 Å². The first kappa shape index (κ1) is 11.4. The second-order valence-electron chi connectivity index (χ2n) is 2.86. The third kappa shape index (κ3) is 2.23. The molecule has 0 saturated carbocycles. The van der Waals surface area contributed by atoms with Gasteiger partial charge in [-0.05, 0) is 12.1 Å². The maximum Gasteiger partial charge on any atom is 0.176 e. The van der Waals surface area contributed by atoms with E-state index in [2.05, 4.69) is 0 Å². The molecule has 1 rings (SSSR count). The standard InChI is InChI=1S/C8H8FN3O2S/c1-15(13,14)8-3-7(12-11)6(9)2-5(8)4-10/h2-3,12H,11H2,1H3. The third-order valence-electron chi connectivity index (χ3n) is 1.74. The molecule has 5 nitrogen and oxygen atoms in total. The average Bonchev–Trinajstić information content (AvgIpc) is 2.15. The second-order valence-corrected chi connectivity index (χ2v) is 4.84. The molecule has 0 amide bonds. The van der Waals surface area contributed by atoms with Crippen molar-refractivity contribution in [1.29, 1.82) is 5.26 Å². The van der Waals surface area contributed by atoms with Crippen LogP contribution in [0.1, 0.15) is 5.56 Å². The van der Waals surface area contributed by atoms with Crippen molar-refractivity contribution in [3.63, 3.8) is 0 Å². The summed E-state index contributed by atoms with van der Waals surface area (Å²) in [6.45, 7) is 0.